The molecule has 0 aliphatic carbocycles. The van der Waals surface area contributed by atoms with Crippen molar-refractivity contribution in [1.82, 2.24) is 5.32 Å². The summed E-state index contributed by atoms with van der Waals surface area (Å²) in [5.74, 6) is -0.230. The molecule has 0 aliphatic heterocycles. The number of benzene rings is 1. The van der Waals surface area contributed by atoms with E-state index in [1.165, 1.54) is 0 Å². The summed E-state index contributed by atoms with van der Waals surface area (Å²) in [7, 11) is -3.05. The van der Waals surface area contributed by atoms with Crippen molar-refractivity contribution < 1.29 is 13.2 Å². The molecule has 0 saturated heterocycles. The molecule has 0 spiro atoms. The van der Waals surface area contributed by atoms with Crippen LogP contribution in [0.3, 0.4) is 0 Å². The molecule has 0 radical (unpaired) electrons. The molecule has 0 atom stereocenters. The van der Waals surface area contributed by atoms with Crippen LogP contribution in [0, 0.1) is 6.92 Å². The number of aryl methyl sites for hydroxylation is 1. The molecule has 1 amide bonds. The number of nitrogens with one attached hydrogen (secondary N) is 1. The van der Waals surface area contributed by atoms with E-state index in [0.29, 0.717) is 11.3 Å². The number of carbonyl (C=O) groups excluding carboxylic acids is 1. The number of hydrogen-bond acceptors (Lipinski definition) is 4. The zero-order valence-corrected chi connectivity index (χ0v) is 11.4. The summed E-state index contributed by atoms with van der Waals surface area (Å²) in [6, 6.07) is 4.98. The van der Waals surface area contributed by atoms with Gasteiger partial charge in [0, 0.05) is 23.5 Å². The van der Waals surface area contributed by atoms with Gasteiger partial charge in [-0.2, -0.15) is 0 Å². The standard InChI is InChI=1S/C12H18N2O3S/c1-3-18(16,17)7-6-14-12(15)11-5-4-10(13)8-9(11)2/h4-5,8H,3,6-7,13H2,1-2H3,(H,14,15). The smallest absolute Gasteiger partial charge is 0.251 e. The second-order valence-corrected chi connectivity index (χ2v) is 6.54. The summed E-state index contributed by atoms with van der Waals surface area (Å²) in [4.78, 5) is 11.8. The van der Waals surface area contributed by atoms with Gasteiger partial charge in [-0.3, -0.25) is 4.79 Å². The summed E-state index contributed by atoms with van der Waals surface area (Å²) in [5.41, 5.74) is 7.47. The SMILES string of the molecule is CCS(=O)(=O)CCNC(=O)c1ccc(N)cc1C. The van der Waals surface area contributed by atoms with E-state index in [2.05, 4.69) is 5.32 Å². The number of anilines is 1. The molecule has 3 N–H and O–H groups in total. The van der Waals surface area contributed by atoms with E-state index >= 15 is 0 Å². The number of amides is 1. The molecular formula is C12H18N2O3S. The Morgan fingerprint density at radius 3 is 2.61 bits per heavy atom. The number of rotatable bonds is 5. The van der Waals surface area contributed by atoms with Crippen LogP contribution >= 0.6 is 0 Å². The lowest BCUT2D eigenvalue weighted by Crippen LogP contribution is -2.30. The minimum Gasteiger partial charge on any atom is -0.399 e. The van der Waals surface area contributed by atoms with Crippen LogP contribution < -0.4 is 11.1 Å². The van der Waals surface area contributed by atoms with Gasteiger partial charge in [0.1, 0.15) is 0 Å². The monoisotopic (exact) mass is 270 g/mol. The third kappa shape index (κ3) is 4.03. The van der Waals surface area contributed by atoms with E-state index in [-0.39, 0.29) is 24.0 Å². The Morgan fingerprint density at radius 2 is 2.06 bits per heavy atom. The van der Waals surface area contributed by atoms with Crippen LogP contribution in [0.15, 0.2) is 18.2 Å². The molecule has 1 aromatic rings. The van der Waals surface area contributed by atoms with Crippen molar-refractivity contribution in [2.24, 2.45) is 0 Å². The topological polar surface area (TPSA) is 89.3 Å². The molecule has 5 nitrogen and oxygen atoms in total. The molecule has 0 bridgehead atoms. The van der Waals surface area contributed by atoms with E-state index in [0.717, 1.165) is 5.56 Å². The van der Waals surface area contributed by atoms with Gasteiger partial charge >= 0.3 is 0 Å². The predicted molar refractivity (Wildman–Crippen MR) is 72.3 cm³/mol. The molecular weight excluding hydrogens is 252 g/mol. The van der Waals surface area contributed by atoms with Gasteiger partial charge in [-0.05, 0) is 30.7 Å². The van der Waals surface area contributed by atoms with Gasteiger partial charge in [0.25, 0.3) is 5.91 Å². The highest BCUT2D eigenvalue weighted by molar-refractivity contribution is 7.91. The number of sulfone groups is 1. The highest BCUT2D eigenvalue weighted by Crippen LogP contribution is 2.12. The molecule has 0 heterocycles. The molecule has 0 aliphatic rings. The van der Waals surface area contributed by atoms with E-state index in [1.54, 1.807) is 32.0 Å². The minimum atomic E-state index is -3.05. The summed E-state index contributed by atoms with van der Waals surface area (Å²) in [5, 5.41) is 2.59. The zero-order valence-electron chi connectivity index (χ0n) is 10.6. The van der Waals surface area contributed by atoms with Crippen molar-refractivity contribution in [3.8, 4) is 0 Å². The maximum atomic E-state index is 11.8. The van der Waals surface area contributed by atoms with Crippen molar-refractivity contribution in [2.75, 3.05) is 23.8 Å². The molecule has 1 aromatic carbocycles. The maximum Gasteiger partial charge on any atom is 0.251 e. The van der Waals surface area contributed by atoms with Gasteiger partial charge in [-0.15, -0.1) is 0 Å². The van der Waals surface area contributed by atoms with E-state index in [1.807, 2.05) is 0 Å². The highest BCUT2D eigenvalue weighted by atomic mass is 32.2. The molecule has 0 unspecified atom stereocenters. The van der Waals surface area contributed by atoms with E-state index in [4.69, 9.17) is 5.73 Å². The molecule has 18 heavy (non-hydrogen) atoms. The van der Waals surface area contributed by atoms with E-state index < -0.39 is 9.84 Å². The summed E-state index contributed by atoms with van der Waals surface area (Å²) in [6.45, 7) is 3.49. The Labute approximate surface area is 107 Å². The van der Waals surface area contributed by atoms with E-state index in [9.17, 15) is 13.2 Å². The fourth-order valence-corrected chi connectivity index (χ4v) is 2.20. The quantitative estimate of drug-likeness (QED) is 0.772. The molecule has 0 aromatic heterocycles. The summed E-state index contributed by atoms with van der Waals surface area (Å²) in [6.07, 6.45) is 0. The van der Waals surface area contributed by atoms with Crippen molar-refractivity contribution in [3.63, 3.8) is 0 Å². The van der Waals surface area contributed by atoms with Crippen LogP contribution in [0.1, 0.15) is 22.8 Å². The number of carbonyl (C=O) groups is 1. The van der Waals surface area contributed by atoms with Crippen molar-refractivity contribution in [1.29, 1.82) is 0 Å². The van der Waals surface area contributed by atoms with Crippen LogP contribution in [0.4, 0.5) is 5.69 Å². The fourth-order valence-electron chi connectivity index (χ4n) is 1.50. The Bertz CT molecular complexity index is 538. The second-order valence-electron chi connectivity index (χ2n) is 4.07. The second kappa shape index (κ2) is 5.86. The molecule has 100 valence electrons. The largest absolute Gasteiger partial charge is 0.399 e. The average Bonchev–Trinajstić information content (AvgIpc) is 2.28. The molecule has 6 heteroatoms. The van der Waals surface area contributed by atoms with Gasteiger partial charge in [-0.25, -0.2) is 8.42 Å². The Hall–Kier alpha value is -1.56. The Kier molecular flexibility index (Phi) is 4.72. The lowest BCUT2D eigenvalue weighted by molar-refractivity contribution is 0.0955. The van der Waals surface area contributed by atoms with Gasteiger partial charge in [0.05, 0.1) is 5.75 Å². The first-order valence-electron chi connectivity index (χ1n) is 5.70. The van der Waals surface area contributed by atoms with Gasteiger partial charge in [-0.1, -0.05) is 6.92 Å². The normalized spacial score (nSPS) is 11.2. The lowest BCUT2D eigenvalue weighted by Gasteiger charge is -2.08. The fraction of sp³-hybridized carbons (Fsp3) is 0.417. The third-order valence-electron chi connectivity index (χ3n) is 2.63. The van der Waals surface area contributed by atoms with Gasteiger partial charge < -0.3 is 11.1 Å². The highest BCUT2D eigenvalue weighted by Gasteiger charge is 2.11. The summed E-state index contributed by atoms with van der Waals surface area (Å²) < 4.78 is 22.5. The van der Waals surface area contributed by atoms with Gasteiger partial charge in [0.2, 0.25) is 0 Å². The average molecular weight is 270 g/mol. The number of nitrogens with two attached hydrogens (primary N) is 1. The summed E-state index contributed by atoms with van der Waals surface area (Å²) >= 11 is 0. The third-order valence-corrected chi connectivity index (χ3v) is 4.34. The minimum absolute atomic E-state index is 0.0384. The number of nitrogen functional groups attached to an aromatic ring is 1. The van der Waals surface area contributed by atoms with Crippen molar-refractivity contribution in [2.45, 2.75) is 13.8 Å². The van der Waals surface area contributed by atoms with Crippen LogP contribution in [-0.4, -0.2) is 32.4 Å². The number of hydrogen-bond donors (Lipinski definition) is 2. The van der Waals surface area contributed by atoms with Crippen LogP contribution in [-0.2, 0) is 9.84 Å². The first-order chi connectivity index (χ1) is 8.35. The molecule has 1 rings (SSSR count). The van der Waals surface area contributed by atoms with Crippen LogP contribution in [0.5, 0.6) is 0 Å². The zero-order chi connectivity index (χ0) is 13.8. The van der Waals surface area contributed by atoms with Crippen LogP contribution in [0.2, 0.25) is 0 Å². The molecule has 0 saturated carbocycles. The molecule has 0 fully saturated rings. The Balaban J connectivity index is 2.61. The predicted octanol–water partition coefficient (Wildman–Crippen LogP) is 0.742. The maximum absolute atomic E-state index is 11.8. The lowest BCUT2D eigenvalue weighted by atomic mass is 10.1. The van der Waals surface area contributed by atoms with Crippen LogP contribution in [0.25, 0.3) is 0 Å². The van der Waals surface area contributed by atoms with Gasteiger partial charge in [0.15, 0.2) is 9.84 Å². The first kappa shape index (κ1) is 14.5. The first-order valence-corrected chi connectivity index (χ1v) is 7.52. The van der Waals surface area contributed by atoms with Crippen molar-refractivity contribution >= 4 is 21.4 Å². The Morgan fingerprint density at radius 1 is 1.39 bits per heavy atom. The van der Waals surface area contributed by atoms with Crippen molar-refractivity contribution in [3.05, 3.63) is 29.3 Å².